The Balaban J connectivity index is 1.72. The number of H-pyrrole nitrogens is 1. The van der Waals surface area contributed by atoms with E-state index in [0.29, 0.717) is 5.92 Å². The predicted octanol–water partition coefficient (Wildman–Crippen LogP) is 3.15. The number of nitrogens with one attached hydrogen (secondary N) is 2. The van der Waals surface area contributed by atoms with Crippen LogP contribution in [0.3, 0.4) is 0 Å². The number of piperidine rings is 1. The van der Waals surface area contributed by atoms with Gasteiger partial charge in [0, 0.05) is 5.92 Å². The summed E-state index contributed by atoms with van der Waals surface area (Å²) in [6.45, 7) is 2.14. The topological polar surface area (TPSA) is 53.6 Å². The fraction of sp³-hybridized carbons (Fsp3) is 0.333. The number of aromatic amines is 1. The van der Waals surface area contributed by atoms with Crippen molar-refractivity contribution in [2.75, 3.05) is 13.1 Å². The molecule has 4 heterocycles. The number of aromatic nitrogens is 3. The normalized spacial score (nSPS) is 16.8. The predicted molar refractivity (Wildman–Crippen MR) is 82.0 cm³/mol. The second-order valence-corrected chi connectivity index (χ2v) is 6.16. The first-order valence-corrected chi connectivity index (χ1v) is 7.88. The van der Waals surface area contributed by atoms with E-state index >= 15 is 0 Å². The van der Waals surface area contributed by atoms with Gasteiger partial charge in [-0.2, -0.15) is 0 Å². The van der Waals surface area contributed by atoms with Gasteiger partial charge in [0.15, 0.2) is 0 Å². The molecule has 1 fully saturated rings. The van der Waals surface area contributed by atoms with Crippen LogP contribution in [0.25, 0.3) is 21.6 Å². The SMILES string of the molecule is c1csc(-c2cc3nc(C4CCNCC4)ncc3[nH]2)c1. The maximum Gasteiger partial charge on any atom is 0.132 e. The van der Waals surface area contributed by atoms with Gasteiger partial charge in [-0.1, -0.05) is 6.07 Å². The van der Waals surface area contributed by atoms with Crippen LogP contribution in [-0.4, -0.2) is 28.0 Å². The van der Waals surface area contributed by atoms with Crippen LogP contribution in [0, 0.1) is 0 Å². The van der Waals surface area contributed by atoms with Crippen molar-refractivity contribution in [3.63, 3.8) is 0 Å². The lowest BCUT2D eigenvalue weighted by Gasteiger charge is -2.20. The second kappa shape index (κ2) is 5.00. The van der Waals surface area contributed by atoms with E-state index in [1.54, 1.807) is 11.3 Å². The third-order valence-electron chi connectivity index (χ3n) is 3.88. The van der Waals surface area contributed by atoms with E-state index in [0.717, 1.165) is 48.5 Å². The largest absolute Gasteiger partial charge is 0.351 e. The van der Waals surface area contributed by atoms with Crippen LogP contribution in [0.1, 0.15) is 24.6 Å². The van der Waals surface area contributed by atoms with Crippen LogP contribution in [-0.2, 0) is 0 Å². The van der Waals surface area contributed by atoms with Crippen molar-refractivity contribution in [1.82, 2.24) is 20.3 Å². The summed E-state index contributed by atoms with van der Waals surface area (Å²) in [5.41, 5.74) is 3.18. The summed E-state index contributed by atoms with van der Waals surface area (Å²) >= 11 is 1.74. The molecule has 3 aromatic heterocycles. The molecule has 0 bridgehead atoms. The average Bonchev–Trinajstić information content (AvgIpc) is 3.16. The van der Waals surface area contributed by atoms with Crippen molar-refractivity contribution in [1.29, 1.82) is 0 Å². The van der Waals surface area contributed by atoms with Crippen LogP contribution < -0.4 is 5.32 Å². The van der Waals surface area contributed by atoms with Gasteiger partial charge in [0.2, 0.25) is 0 Å². The zero-order valence-corrected chi connectivity index (χ0v) is 11.9. The Hall–Kier alpha value is -1.72. The summed E-state index contributed by atoms with van der Waals surface area (Å²) in [5, 5.41) is 5.47. The van der Waals surface area contributed by atoms with Crippen molar-refractivity contribution in [3.8, 4) is 10.6 Å². The Morgan fingerprint density at radius 3 is 2.95 bits per heavy atom. The van der Waals surface area contributed by atoms with Crippen LogP contribution in [0.5, 0.6) is 0 Å². The Kier molecular flexibility index (Phi) is 3.01. The van der Waals surface area contributed by atoms with Gasteiger partial charge in [-0.05, 0) is 43.4 Å². The summed E-state index contributed by atoms with van der Waals surface area (Å²) in [7, 11) is 0. The van der Waals surface area contributed by atoms with Gasteiger partial charge in [0.1, 0.15) is 5.82 Å². The molecular formula is C15H16N4S. The molecule has 20 heavy (non-hydrogen) atoms. The number of nitrogens with zero attached hydrogens (tertiary/aromatic N) is 2. The van der Waals surface area contributed by atoms with Crippen LogP contribution in [0.4, 0.5) is 0 Å². The maximum atomic E-state index is 4.76. The van der Waals surface area contributed by atoms with Gasteiger partial charge in [-0.25, -0.2) is 9.97 Å². The number of fused-ring (bicyclic) bond motifs is 1. The smallest absolute Gasteiger partial charge is 0.132 e. The fourth-order valence-electron chi connectivity index (χ4n) is 2.77. The molecule has 0 aliphatic carbocycles. The number of hydrogen-bond acceptors (Lipinski definition) is 4. The van der Waals surface area contributed by atoms with Gasteiger partial charge in [-0.3, -0.25) is 0 Å². The molecule has 2 N–H and O–H groups in total. The van der Waals surface area contributed by atoms with Crippen LogP contribution in [0.2, 0.25) is 0 Å². The average molecular weight is 284 g/mol. The monoisotopic (exact) mass is 284 g/mol. The van der Waals surface area contributed by atoms with E-state index < -0.39 is 0 Å². The zero-order valence-electron chi connectivity index (χ0n) is 11.1. The van der Waals surface area contributed by atoms with E-state index in [1.165, 1.54) is 4.88 Å². The first-order valence-electron chi connectivity index (χ1n) is 7.00. The first-order chi connectivity index (χ1) is 9.90. The lowest BCUT2D eigenvalue weighted by atomic mass is 9.97. The highest BCUT2D eigenvalue weighted by atomic mass is 32.1. The first kappa shape index (κ1) is 12.1. The lowest BCUT2D eigenvalue weighted by molar-refractivity contribution is 0.446. The van der Waals surface area contributed by atoms with Gasteiger partial charge < -0.3 is 10.3 Å². The molecule has 1 aliphatic heterocycles. The highest BCUT2D eigenvalue weighted by Crippen LogP contribution is 2.28. The molecule has 0 spiro atoms. The quantitative estimate of drug-likeness (QED) is 0.760. The molecule has 0 aromatic carbocycles. The molecule has 0 unspecified atom stereocenters. The summed E-state index contributed by atoms with van der Waals surface area (Å²) in [4.78, 5) is 14.0. The van der Waals surface area contributed by atoms with Crippen molar-refractivity contribution < 1.29 is 0 Å². The van der Waals surface area contributed by atoms with Crippen molar-refractivity contribution in [2.24, 2.45) is 0 Å². The molecule has 102 valence electrons. The molecule has 0 radical (unpaired) electrons. The zero-order chi connectivity index (χ0) is 13.4. The molecule has 1 saturated heterocycles. The molecule has 1 aliphatic rings. The third kappa shape index (κ3) is 2.13. The number of rotatable bonds is 2. The Labute approximate surface area is 121 Å². The second-order valence-electron chi connectivity index (χ2n) is 5.21. The van der Waals surface area contributed by atoms with Crippen molar-refractivity contribution >= 4 is 22.4 Å². The molecule has 5 heteroatoms. The molecule has 0 saturated carbocycles. The van der Waals surface area contributed by atoms with Gasteiger partial charge in [-0.15, -0.1) is 11.3 Å². The maximum absolute atomic E-state index is 4.76. The Morgan fingerprint density at radius 1 is 1.25 bits per heavy atom. The summed E-state index contributed by atoms with van der Waals surface area (Å²) < 4.78 is 0. The molecule has 0 amide bonds. The standard InChI is InChI=1S/C15H16N4S/c1-2-14(20-7-1)12-8-11-13(18-12)9-17-15(19-11)10-3-5-16-6-4-10/h1-2,7-10,16,18H,3-6H2. The van der Waals surface area contributed by atoms with Gasteiger partial charge in [0.05, 0.1) is 27.8 Å². The van der Waals surface area contributed by atoms with E-state index in [2.05, 4.69) is 38.9 Å². The fourth-order valence-corrected chi connectivity index (χ4v) is 3.47. The minimum Gasteiger partial charge on any atom is -0.351 e. The summed E-state index contributed by atoms with van der Waals surface area (Å²) in [6, 6.07) is 6.32. The minimum absolute atomic E-state index is 0.501. The van der Waals surface area contributed by atoms with Crippen LogP contribution >= 0.6 is 11.3 Å². The van der Waals surface area contributed by atoms with E-state index in [-0.39, 0.29) is 0 Å². The molecular weight excluding hydrogens is 268 g/mol. The summed E-state index contributed by atoms with van der Waals surface area (Å²) in [6.07, 6.45) is 4.19. The van der Waals surface area contributed by atoms with E-state index in [1.807, 2.05) is 6.20 Å². The van der Waals surface area contributed by atoms with Crippen molar-refractivity contribution in [2.45, 2.75) is 18.8 Å². The van der Waals surface area contributed by atoms with Crippen LogP contribution in [0.15, 0.2) is 29.8 Å². The number of hydrogen-bond donors (Lipinski definition) is 2. The van der Waals surface area contributed by atoms with E-state index in [4.69, 9.17) is 4.98 Å². The molecule has 3 aromatic rings. The summed E-state index contributed by atoms with van der Waals surface area (Å²) in [5.74, 6) is 1.50. The van der Waals surface area contributed by atoms with Crippen molar-refractivity contribution in [3.05, 3.63) is 35.6 Å². The molecule has 4 nitrogen and oxygen atoms in total. The highest BCUT2D eigenvalue weighted by Gasteiger charge is 2.18. The van der Waals surface area contributed by atoms with E-state index in [9.17, 15) is 0 Å². The molecule has 4 rings (SSSR count). The lowest BCUT2D eigenvalue weighted by Crippen LogP contribution is -2.27. The van der Waals surface area contributed by atoms with Gasteiger partial charge >= 0.3 is 0 Å². The Morgan fingerprint density at radius 2 is 2.15 bits per heavy atom. The van der Waals surface area contributed by atoms with Gasteiger partial charge in [0.25, 0.3) is 0 Å². The Bertz CT molecular complexity index is 711. The third-order valence-corrected chi connectivity index (χ3v) is 4.78. The minimum atomic E-state index is 0.501. The number of thiophene rings is 1. The highest BCUT2D eigenvalue weighted by molar-refractivity contribution is 7.13. The molecule has 0 atom stereocenters.